The number of hydrogen-bond donors (Lipinski definition) is 1. The summed E-state index contributed by atoms with van der Waals surface area (Å²) in [5, 5.41) is 10.1. The van der Waals surface area contributed by atoms with Gasteiger partial charge in [0.15, 0.2) is 5.75 Å². The Morgan fingerprint density at radius 3 is 2.50 bits per heavy atom. The van der Waals surface area contributed by atoms with Gasteiger partial charge in [0, 0.05) is 24.8 Å². The highest BCUT2D eigenvalue weighted by Crippen LogP contribution is 2.17. The number of aromatic hydroxyl groups is 1. The van der Waals surface area contributed by atoms with Crippen LogP contribution in [0.3, 0.4) is 0 Å². The minimum absolute atomic E-state index is 0.0879. The molecule has 0 aromatic carbocycles. The number of aryl methyl sites for hydroxylation is 1. The van der Waals surface area contributed by atoms with E-state index in [1.54, 1.807) is 0 Å². The highest BCUT2D eigenvalue weighted by Gasteiger charge is 2.14. The number of nitrogens with zero attached hydrogens (tertiary/aromatic N) is 2. The highest BCUT2D eigenvalue weighted by atomic mass is 16.3. The van der Waals surface area contributed by atoms with E-state index in [4.69, 9.17) is 0 Å². The molecule has 0 unspecified atom stereocenters. The van der Waals surface area contributed by atoms with Crippen molar-refractivity contribution >= 4 is 0 Å². The summed E-state index contributed by atoms with van der Waals surface area (Å²) in [6.45, 7) is 8.69. The molecule has 0 aliphatic rings. The molecule has 0 atom stereocenters. The first kappa shape index (κ1) is 16.8. The van der Waals surface area contributed by atoms with E-state index in [0.717, 1.165) is 50.2 Å². The van der Waals surface area contributed by atoms with Gasteiger partial charge in [-0.1, -0.05) is 26.7 Å². The molecule has 0 radical (unpaired) electrons. The van der Waals surface area contributed by atoms with Gasteiger partial charge in [0.2, 0.25) is 5.43 Å². The van der Waals surface area contributed by atoms with E-state index in [-0.39, 0.29) is 11.2 Å². The maximum absolute atomic E-state index is 11.8. The SMILES string of the molecule is CCCCN(C)Cc1c(O)c(=O)cc(C)n1CCCC. The van der Waals surface area contributed by atoms with E-state index in [9.17, 15) is 9.90 Å². The van der Waals surface area contributed by atoms with Gasteiger partial charge in [-0.25, -0.2) is 0 Å². The number of aromatic nitrogens is 1. The minimum Gasteiger partial charge on any atom is -0.503 e. The fraction of sp³-hybridized carbons (Fsp3) is 0.688. The smallest absolute Gasteiger partial charge is 0.223 e. The molecule has 0 bridgehead atoms. The molecule has 1 aromatic heterocycles. The van der Waals surface area contributed by atoms with Crippen LogP contribution in [-0.4, -0.2) is 28.2 Å². The summed E-state index contributed by atoms with van der Waals surface area (Å²) in [6, 6.07) is 1.53. The number of rotatable bonds is 8. The molecular weight excluding hydrogens is 252 g/mol. The summed E-state index contributed by atoms with van der Waals surface area (Å²) < 4.78 is 2.09. The Morgan fingerprint density at radius 1 is 1.25 bits per heavy atom. The zero-order valence-corrected chi connectivity index (χ0v) is 13.3. The van der Waals surface area contributed by atoms with Crippen LogP contribution in [-0.2, 0) is 13.1 Å². The van der Waals surface area contributed by atoms with Gasteiger partial charge in [0.25, 0.3) is 0 Å². The number of hydrogen-bond acceptors (Lipinski definition) is 3. The molecule has 1 aromatic rings. The molecule has 0 saturated heterocycles. The first-order valence-electron chi connectivity index (χ1n) is 7.62. The number of unbranched alkanes of at least 4 members (excludes halogenated alkanes) is 2. The summed E-state index contributed by atoms with van der Waals surface area (Å²) in [7, 11) is 2.03. The van der Waals surface area contributed by atoms with E-state index >= 15 is 0 Å². The van der Waals surface area contributed by atoms with Gasteiger partial charge in [-0.2, -0.15) is 0 Å². The summed E-state index contributed by atoms with van der Waals surface area (Å²) in [6.07, 6.45) is 4.42. The van der Waals surface area contributed by atoms with Gasteiger partial charge < -0.3 is 14.6 Å². The second-order valence-electron chi connectivity index (χ2n) is 5.54. The van der Waals surface area contributed by atoms with E-state index in [0.29, 0.717) is 6.54 Å². The lowest BCUT2D eigenvalue weighted by atomic mass is 10.2. The van der Waals surface area contributed by atoms with Crippen LogP contribution in [0.5, 0.6) is 5.75 Å². The van der Waals surface area contributed by atoms with Gasteiger partial charge in [-0.3, -0.25) is 4.79 Å². The maximum Gasteiger partial charge on any atom is 0.223 e. The van der Waals surface area contributed by atoms with Gasteiger partial charge in [0.05, 0.1) is 5.69 Å². The summed E-state index contributed by atoms with van der Waals surface area (Å²) in [5.74, 6) is -0.0879. The molecule has 20 heavy (non-hydrogen) atoms. The van der Waals surface area contributed by atoms with Crippen molar-refractivity contribution in [1.29, 1.82) is 0 Å². The summed E-state index contributed by atoms with van der Waals surface area (Å²) in [5.41, 5.74) is 1.41. The van der Waals surface area contributed by atoms with Crippen molar-refractivity contribution in [3.05, 3.63) is 27.7 Å². The Balaban J connectivity index is 3.03. The zero-order valence-electron chi connectivity index (χ0n) is 13.3. The second kappa shape index (κ2) is 8.10. The predicted molar refractivity (Wildman–Crippen MR) is 83.3 cm³/mol. The minimum atomic E-state index is -0.269. The molecule has 1 N–H and O–H groups in total. The average molecular weight is 280 g/mol. The fourth-order valence-corrected chi connectivity index (χ4v) is 2.37. The molecule has 1 rings (SSSR count). The molecule has 0 fully saturated rings. The Kier molecular flexibility index (Phi) is 6.79. The lowest BCUT2D eigenvalue weighted by molar-refractivity contribution is 0.300. The predicted octanol–water partition coefficient (Wildman–Crippen LogP) is 2.89. The van der Waals surface area contributed by atoms with Gasteiger partial charge in [0.1, 0.15) is 0 Å². The van der Waals surface area contributed by atoms with Crippen LogP contribution in [0.1, 0.15) is 50.9 Å². The Labute approximate surface area is 122 Å². The van der Waals surface area contributed by atoms with E-state index in [1.807, 2.05) is 14.0 Å². The van der Waals surface area contributed by atoms with Crippen molar-refractivity contribution in [2.45, 2.75) is 59.5 Å². The Morgan fingerprint density at radius 2 is 1.90 bits per heavy atom. The molecule has 4 nitrogen and oxygen atoms in total. The molecule has 1 heterocycles. The Hall–Kier alpha value is -1.29. The van der Waals surface area contributed by atoms with Crippen LogP contribution < -0.4 is 5.43 Å². The van der Waals surface area contributed by atoms with E-state index in [1.165, 1.54) is 6.07 Å². The van der Waals surface area contributed by atoms with Gasteiger partial charge in [-0.05, 0) is 33.4 Å². The molecule has 4 heteroatoms. The van der Waals surface area contributed by atoms with Crippen molar-refractivity contribution in [2.24, 2.45) is 0 Å². The zero-order chi connectivity index (χ0) is 15.1. The lowest BCUT2D eigenvalue weighted by Crippen LogP contribution is -2.25. The van der Waals surface area contributed by atoms with Gasteiger partial charge >= 0.3 is 0 Å². The largest absolute Gasteiger partial charge is 0.503 e. The van der Waals surface area contributed by atoms with Gasteiger partial charge in [-0.15, -0.1) is 0 Å². The summed E-state index contributed by atoms with van der Waals surface area (Å²) >= 11 is 0. The first-order valence-corrected chi connectivity index (χ1v) is 7.62. The van der Waals surface area contributed by atoms with Crippen molar-refractivity contribution in [3.63, 3.8) is 0 Å². The lowest BCUT2D eigenvalue weighted by Gasteiger charge is -2.22. The first-order chi connectivity index (χ1) is 9.51. The number of pyridine rings is 1. The monoisotopic (exact) mass is 280 g/mol. The molecule has 0 spiro atoms. The third-order valence-corrected chi connectivity index (χ3v) is 3.65. The summed E-state index contributed by atoms with van der Waals surface area (Å²) in [4.78, 5) is 14.0. The molecule has 0 amide bonds. The van der Waals surface area contributed by atoms with Crippen LogP contribution in [0.15, 0.2) is 10.9 Å². The maximum atomic E-state index is 11.8. The fourth-order valence-electron chi connectivity index (χ4n) is 2.37. The third kappa shape index (κ3) is 4.37. The normalized spacial score (nSPS) is 11.2. The van der Waals surface area contributed by atoms with Crippen LogP contribution in [0.25, 0.3) is 0 Å². The molecule has 0 aliphatic heterocycles. The van der Waals surface area contributed by atoms with E-state index in [2.05, 4.69) is 23.3 Å². The van der Waals surface area contributed by atoms with Crippen molar-refractivity contribution < 1.29 is 5.11 Å². The Bertz CT molecular complexity index is 480. The topological polar surface area (TPSA) is 45.5 Å². The molecule has 114 valence electrons. The molecule has 0 aliphatic carbocycles. The molecule has 0 saturated carbocycles. The van der Waals surface area contributed by atoms with Crippen LogP contribution in [0.4, 0.5) is 0 Å². The van der Waals surface area contributed by atoms with Crippen LogP contribution in [0, 0.1) is 6.92 Å². The standard InChI is InChI=1S/C16H28N2O2/c1-5-7-9-17(4)12-14-16(20)15(19)11-13(3)18(14)10-8-6-2/h11,20H,5-10,12H2,1-4H3. The highest BCUT2D eigenvalue weighted by molar-refractivity contribution is 5.29. The average Bonchev–Trinajstić information content (AvgIpc) is 2.41. The molecular formula is C16H28N2O2. The van der Waals surface area contributed by atoms with Crippen LogP contribution in [0.2, 0.25) is 0 Å². The third-order valence-electron chi connectivity index (χ3n) is 3.65. The van der Waals surface area contributed by atoms with Crippen molar-refractivity contribution in [1.82, 2.24) is 9.47 Å². The second-order valence-corrected chi connectivity index (χ2v) is 5.54. The van der Waals surface area contributed by atoms with Crippen molar-refractivity contribution in [2.75, 3.05) is 13.6 Å². The quantitative estimate of drug-likeness (QED) is 0.796. The van der Waals surface area contributed by atoms with Crippen molar-refractivity contribution in [3.8, 4) is 5.75 Å². The van der Waals surface area contributed by atoms with Crippen LogP contribution >= 0.6 is 0 Å². The van der Waals surface area contributed by atoms with E-state index < -0.39 is 0 Å².